The maximum absolute atomic E-state index is 11.8. The van der Waals surface area contributed by atoms with Gasteiger partial charge in [-0.2, -0.15) is 5.10 Å². The van der Waals surface area contributed by atoms with Crippen LogP contribution >= 0.6 is 15.9 Å². The molecule has 0 radical (unpaired) electrons. The van der Waals surface area contributed by atoms with Gasteiger partial charge < -0.3 is 11.5 Å². The number of aromatic nitrogens is 1. The normalized spacial score (nSPS) is 11.2. The second kappa shape index (κ2) is 6.16. The van der Waals surface area contributed by atoms with Gasteiger partial charge in [-0.15, -0.1) is 0 Å². The number of nitrogens with one attached hydrogen (secondary N) is 1. The van der Waals surface area contributed by atoms with E-state index < -0.39 is 0 Å². The van der Waals surface area contributed by atoms with Crippen LogP contribution in [0.1, 0.15) is 15.9 Å². The Labute approximate surface area is 124 Å². The highest BCUT2D eigenvalue weighted by Crippen LogP contribution is 2.09. The Bertz CT molecular complexity index is 654. The van der Waals surface area contributed by atoms with Gasteiger partial charge in [-0.05, 0) is 46.3 Å². The zero-order chi connectivity index (χ0) is 14.5. The molecule has 0 saturated heterocycles. The highest BCUT2D eigenvalue weighted by atomic mass is 79.9. The van der Waals surface area contributed by atoms with E-state index in [1.54, 1.807) is 42.7 Å². The minimum absolute atomic E-state index is 0.169. The van der Waals surface area contributed by atoms with E-state index in [0.717, 1.165) is 4.47 Å². The number of nitrogens with two attached hydrogens (primary N) is 2. The van der Waals surface area contributed by atoms with Crippen molar-refractivity contribution in [2.24, 2.45) is 10.8 Å². The van der Waals surface area contributed by atoms with E-state index in [9.17, 15) is 4.79 Å². The fraction of sp³-hybridized carbons (Fsp3) is 0. The van der Waals surface area contributed by atoms with Gasteiger partial charge in [-0.3, -0.25) is 9.78 Å². The molecule has 0 aliphatic heterocycles. The number of anilines is 1. The number of hydrogen-bond donors (Lipinski definition) is 3. The predicted octanol–water partition coefficient (Wildman–Crippen LogP) is 1.48. The predicted molar refractivity (Wildman–Crippen MR) is 81.0 cm³/mol. The average molecular weight is 334 g/mol. The zero-order valence-electron chi connectivity index (χ0n) is 10.4. The Kier molecular flexibility index (Phi) is 4.31. The van der Waals surface area contributed by atoms with E-state index >= 15 is 0 Å². The molecule has 1 aromatic carbocycles. The first-order valence-corrected chi connectivity index (χ1v) is 6.45. The number of hydrogen-bond acceptors (Lipinski definition) is 4. The smallest absolute Gasteiger partial charge is 0.271 e. The Balaban J connectivity index is 2.08. The van der Waals surface area contributed by atoms with Gasteiger partial charge in [-0.1, -0.05) is 0 Å². The third-order valence-electron chi connectivity index (χ3n) is 2.45. The summed E-state index contributed by atoms with van der Waals surface area (Å²) >= 11 is 3.28. The number of nitrogen functional groups attached to an aromatic ring is 1. The second-order valence-electron chi connectivity index (χ2n) is 3.95. The molecule has 1 aromatic heterocycles. The molecular formula is C13H12BrN5O. The summed E-state index contributed by atoms with van der Waals surface area (Å²) in [6, 6.07) is 8.25. The second-order valence-corrected chi connectivity index (χ2v) is 4.87. The van der Waals surface area contributed by atoms with Crippen molar-refractivity contribution in [2.45, 2.75) is 0 Å². The number of benzene rings is 1. The van der Waals surface area contributed by atoms with Crippen molar-refractivity contribution in [2.75, 3.05) is 5.73 Å². The third-order valence-corrected chi connectivity index (χ3v) is 2.89. The van der Waals surface area contributed by atoms with Gasteiger partial charge in [0.25, 0.3) is 5.91 Å². The SMILES string of the molecule is N/C(=N/NC(=O)c1ccc(N)cc1)c1cncc(Br)c1. The van der Waals surface area contributed by atoms with Gasteiger partial charge in [0.15, 0.2) is 5.84 Å². The Hall–Kier alpha value is -2.41. The Morgan fingerprint density at radius 2 is 1.90 bits per heavy atom. The van der Waals surface area contributed by atoms with E-state index in [2.05, 4.69) is 31.4 Å². The van der Waals surface area contributed by atoms with Crippen molar-refractivity contribution in [3.63, 3.8) is 0 Å². The molecule has 1 heterocycles. The molecule has 6 nitrogen and oxygen atoms in total. The van der Waals surface area contributed by atoms with Crippen LogP contribution in [-0.2, 0) is 0 Å². The average Bonchev–Trinajstić information content (AvgIpc) is 2.45. The molecule has 5 N–H and O–H groups in total. The minimum Gasteiger partial charge on any atom is -0.399 e. The molecule has 2 rings (SSSR count). The van der Waals surface area contributed by atoms with Crippen molar-refractivity contribution in [3.8, 4) is 0 Å². The van der Waals surface area contributed by atoms with Gasteiger partial charge >= 0.3 is 0 Å². The van der Waals surface area contributed by atoms with Crippen LogP contribution in [0.4, 0.5) is 5.69 Å². The molecule has 0 aliphatic rings. The fourth-order valence-corrected chi connectivity index (χ4v) is 1.79. The molecular weight excluding hydrogens is 322 g/mol. The molecule has 0 saturated carbocycles. The quantitative estimate of drug-likeness (QED) is 0.342. The van der Waals surface area contributed by atoms with Crippen LogP contribution in [0.2, 0.25) is 0 Å². The zero-order valence-corrected chi connectivity index (χ0v) is 12.0. The van der Waals surface area contributed by atoms with Crippen LogP contribution in [0.5, 0.6) is 0 Å². The molecule has 0 unspecified atom stereocenters. The van der Waals surface area contributed by atoms with Gasteiger partial charge in [0, 0.05) is 33.7 Å². The van der Waals surface area contributed by atoms with E-state index in [4.69, 9.17) is 11.5 Å². The standard InChI is InChI=1S/C13H12BrN5O/c14-10-5-9(6-17-7-10)12(16)18-19-13(20)8-1-3-11(15)4-2-8/h1-7H,15H2,(H2,16,18)(H,19,20). The van der Waals surface area contributed by atoms with E-state index in [0.29, 0.717) is 16.8 Å². The summed E-state index contributed by atoms with van der Waals surface area (Å²) in [5, 5.41) is 3.84. The third kappa shape index (κ3) is 3.55. The van der Waals surface area contributed by atoms with Crippen LogP contribution in [0, 0.1) is 0 Å². The number of amidine groups is 1. The molecule has 0 atom stereocenters. The molecule has 1 amide bonds. The summed E-state index contributed by atoms with van der Waals surface area (Å²) in [6.07, 6.45) is 3.18. The number of rotatable bonds is 3. The summed E-state index contributed by atoms with van der Waals surface area (Å²) in [5.74, 6) is -0.196. The van der Waals surface area contributed by atoms with Crippen molar-refractivity contribution in [1.82, 2.24) is 10.4 Å². The van der Waals surface area contributed by atoms with Crippen molar-refractivity contribution in [1.29, 1.82) is 0 Å². The highest BCUT2D eigenvalue weighted by Gasteiger charge is 2.05. The summed E-state index contributed by atoms with van der Waals surface area (Å²) in [5.41, 5.74) is 15.3. The lowest BCUT2D eigenvalue weighted by Gasteiger charge is -2.03. The minimum atomic E-state index is -0.365. The first-order valence-electron chi connectivity index (χ1n) is 5.66. The monoisotopic (exact) mass is 333 g/mol. The Morgan fingerprint density at radius 1 is 1.20 bits per heavy atom. The molecule has 0 bridgehead atoms. The van der Waals surface area contributed by atoms with E-state index in [1.807, 2.05) is 0 Å². The van der Waals surface area contributed by atoms with Crippen LogP contribution in [0.3, 0.4) is 0 Å². The van der Waals surface area contributed by atoms with Gasteiger partial charge in [0.2, 0.25) is 0 Å². The van der Waals surface area contributed by atoms with Gasteiger partial charge in [0.05, 0.1) is 0 Å². The topological polar surface area (TPSA) is 106 Å². The highest BCUT2D eigenvalue weighted by molar-refractivity contribution is 9.10. The van der Waals surface area contributed by atoms with Crippen molar-refractivity contribution in [3.05, 3.63) is 58.3 Å². The molecule has 20 heavy (non-hydrogen) atoms. The molecule has 7 heteroatoms. The van der Waals surface area contributed by atoms with Crippen LogP contribution in [0.15, 0.2) is 52.3 Å². The van der Waals surface area contributed by atoms with E-state index in [1.165, 1.54) is 0 Å². The summed E-state index contributed by atoms with van der Waals surface area (Å²) in [7, 11) is 0. The van der Waals surface area contributed by atoms with Gasteiger partial charge in [0.1, 0.15) is 0 Å². The van der Waals surface area contributed by atoms with Crippen molar-refractivity contribution >= 4 is 33.4 Å². The van der Waals surface area contributed by atoms with Crippen molar-refractivity contribution < 1.29 is 4.79 Å². The fourth-order valence-electron chi connectivity index (χ4n) is 1.43. The lowest BCUT2D eigenvalue weighted by Crippen LogP contribution is -2.24. The summed E-state index contributed by atoms with van der Waals surface area (Å²) < 4.78 is 0.776. The first kappa shape index (κ1) is 14.0. The van der Waals surface area contributed by atoms with Crippen LogP contribution < -0.4 is 16.9 Å². The summed E-state index contributed by atoms with van der Waals surface area (Å²) in [6.45, 7) is 0. The largest absolute Gasteiger partial charge is 0.399 e. The number of carbonyl (C=O) groups excluding carboxylic acids is 1. The number of halogens is 1. The van der Waals surface area contributed by atoms with Crippen LogP contribution in [-0.4, -0.2) is 16.7 Å². The molecule has 0 aliphatic carbocycles. The molecule has 2 aromatic rings. The molecule has 102 valence electrons. The number of pyridine rings is 1. The van der Waals surface area contributed by atoms with E-state index in [-0.39, 0.29) is 11.7 Å². The van der Waals surface area contributed by atoms with Gasteiger partial charge in [-0.25, -0.2) is 5.43 Å². The molecule has 0 spiro atoms. The first-order chi connectivity index (χ1) is 9.56. The number of nitrogens with zero attached hydrogens (tertiary/aromatic N) is 2. The number of hydrazone groups is 1. The number of amides is 1. The summed E-state index contributed by atoms with van der Waals surface area (Å²) in [4.78, 5) is 15.8. The molecule has 0 fully saturated rings. The van der Waals surface area contributed by atoms with Crippen LogP contribution in [0.25, 0.3) is 0 Å². The lowest BCUT2D eigenvalue weighted by molar-refractivity contribution is 0.0955. The lowest BCUT2D eigenvalue weighted by atomic mass is 10.2. The number of carbonyl (C=O) groups is 1. The maximum atomic E-state index is 11.8. The Morgan fingerprint density at radius 3 is 2.55 bits per heavy atom. The maximum Gasteiger partial charge on any atom is 0.271 e.